The van der Waals surface area contributed by atoms with E-state index in [0.717, 1.165) is 12.1 Å². The average Bonchev–Trinajstić information content (AvgIpc) is 2.59. The van der Waals surface area contributed by atoms with E-state index in [1.807, 2.05) is 36.4 Å². The number of halogens is 2. The van der Waals surface area contributed by atoms with Crippen molar-refractivity contribution < 1.29 is 4.79 Å². The van der Waals surface area contributed by atoms with Crippen LogP contribution in [0.1, 0.15) is 21.5 Å². The second-order valence-corrected chi connectivity index (χ2v) is 6.60. The molecule has 3 nitrogen and oxygen atoms in total. The van der Waals surface area contributed by atoms with Crippen LogP contribution >= 0.6 is 27.5 Å². The molecule has 24 heavy (non-hydrogen) atoms. The Morgan fingerprint density at radius 3 is 2.38 bits per heavy atom. The van der Waals surface area contributed by atoms with E-state index in [1.165, 1.54) is 11.1 Å². The number of aromatic nitrogens is 1. The standard InChI is InChI=1S/C19H14BrClN2O/c20-18-6-3-15(21)12-17(18)19(24)23-16-4-1-13(2-5-16)11-14-7-9-22-10-8-14/h1-10,12H,11H2,(H,23,24). The number of amides is 1. The maximum Gasteiger partial charge on any atom is 0.256 e. The molecule has 0 aliphatic rings. The molecule has 0 aliphatic carbocycles. The molecular formula is C19H14BrClN2O. The number of benzene rings is 2. The molecule has 5 heteroatoms. The number of carbonyl (C=O) groups excluding carboxylic acids is 1. The van der Waals surface area contributed by atoms with E-state index in [0.29, 0.717) is 15.1 Å². The number of rotatable bonds is 4. The van der Waals surface area contributed by atoms with Crippen molar-refractivity contribution in [2.75, 3.05) is 5.32 Å². The molecular weight excluding hydrogens is 388 g/mol. The molecule has 0 saturated heterocycles. The van der Waals surface area contributed by atoms with Crippen molar-refractivity contribution in [3.05, 3.63) is 93.2 Å². The topological polar surface area (TPSA) is 42.0 Å². The molecule has 0 saturated carbocycles. The first-order chi connectivity index (χ1) is 11.6. The Morgan fingerprint density at radius 1 is 1.00 bits per heavy atom. The minimum absolute atomic E-state index is 0.203. The molecule has 0 atom stereocenters. The highest BCUT2D eigenvalue weighted by Gasteiger charge is 2.11. The van der Waals surface area contributed by atoms with Crippen molar-refractivity contribution in [1.82, 2.24) is 4.98 Å². The summed E-state index contributed by atoms with van der Waals surface area (Å²) >= 11 is 9.32. The Balaban J connectivity index is 1.70. The number of nitrogens with one attached hydrogen (secondary N) is 1. The highest BCUT2D eigenvalue weighted by molar-refractivity contribution is 9.10. The number of pyridine rings is 1. The predicted molar refractivity (Wildman–Crippen MR) is 101 cm³/mol. The normalized spacial score (nSPS) is 10.4. The van der Waals surface area contributed by atoms with E-state index in [-0.39, 0.29) is 5.91 Å². The van der Waals surface area contributed by atoms with Crippen LogP contribution in [0.5, 0.6) is 0 Å². The van der Waals surface area contributed by atoms with Crippen LogP contribution in [-0.2, 0) is 6.42 Å². The Bertz CT molecular complexity index is 851. The monoisotopic (exact) mass is 400 g/mol. The van der Waals surface area contributed by atoms with Crippen molar-refractivity contribution in [2.24, 2.45) is 0 Å². The van der Waals surface area contributed by atoms with Gasteiger partial charge in [0.05, 0.1) is 5.56 Å². The maximum absolute atomic E-state index is 12.4. The Labute approximate surface area is 153 Å². The van der Waals surface area contributed by atoms with Gasteiger partial charge in [0.2, 0.25) is 0 Å². The average molecular weight is 402 g/mol. The van der Waals surface area contributed by atoms with Gasteiger partial charge in [0.25, 0.3) is 5.91 Å². The van der Waals surface area contributed by atoms with Gasteiger partial charge in [-0.2, -0.15) is 0 Å². The lowest BCUT2D eigenvalue weighted by Gasteiger charge is -2.08. The summed E-state index contributed by atoms with van der Waals surface area (Å²) in [7, 11) is 0. The van der Waals surface area contributed by atoms with Crippen LogP contribution in [0.3, 0.4) is 0 Å². The van der Waals surface area contributed by atoms with Gasteiger partial charge in [-0.25, -0.2) is 0 Å². The smallest absolute Gasteiger partial charge is 0.256 e. The van der Waals surface area contributed by atoms with Crippen molar-refractivity contribution in [3.8, 4) is 0 Å². The fourth-order valence-corrected chi connectivity index (χ4v) is 2.91. The first-order valence-electron chi connectivity index (χ1n) is 7.36. The van der Waals surface area contributed by atoms with Crippen LogP contribution in [0.25, 0.3) is 0 Å². The summed E-state index contributed by atoms with van der Waals surface area (Å²) in [6.45, 7) is 0. The second kappa shape index (κ2) is 7.60. The summed E-state index contributed by atoms with van der Waals surface area (Å²) in [6.07, 6.45) is 4.40. The molecule has 0 fully saturated rings. The zero-order chi connectivity index (χ0) is 16.9. The molecule has 0 radical (unpaired) electrons. The number of carbonyl (C=O) groups is 1. The largest absolute Gasteiger partial charge is 0.322 e. The van der Waals surface area contributed by atoms with Crippen LogP contribution in [0.2, 0.25) is 5.02 Å². The molecule has 3 aromatic rings. The lowest BCUT2D eigenvalue weighted by molar-refractivity contribution is 0.102. The van der Waals surface area contributed by atoms with Gasteiger partial charge in [-0.05, 0) is 75.9 Å². The third kappa shape index (κ3) is 4.22. The van der Waals surface area contributed by atoms with E-state index >= 15 is 0 Å². The first kappa shape index (κ1) is 16.7. The van der Waals surface area contributed by atoms with E-state index in [1.54, 1.807) is 30.6 Å². The highest BCUT2D eigenvalue weighted by Crippen LogP contribution is 2.22. The van der Waals surface area contributed by atoms with Gasteiger partial charge >= 0.3 is 0 Å². The van der Waals surface area contributed by atoms with Crippen LogP contribution in [0.4, 0.5) is 5.69 Å². The summed E-state index contributed by atoms with van der Waals surface area (Å²) in [5.74, 6) is -0.203. The summed E-state index contributed by atoms with van der Waals surface area (Å²) in [5, 5.41) is 3.40. The molecule has 120 valence electrons. The number of hydrogen-bond acceptors (Lipinski definition) is 2. The molecule has 1 amide bonds. The number of nitrogens with zero attached hydrogens (tertiary/aromatic N) is 1. The molecule has 0 unspecified atom stereocenters. The number of hydrogen-bond donors (Lipinski definition) is 1. The maximum atomic E-state index is 12.4. The van der Waals surface area contributed by atoms with Crippen LogP contribution in [0.15, 0.2) is 71.5 Å². The van der Waals surface area contributed by atoms with Gasteiger partial charge in [-0.3, -0.25) is 9.78 Å². The summed E-state index contributed by atoms with van der Waals surface area (Å²) in [4.78, 5) is 16.4. The van der Waals surface area contributed by atoms with E-state index in [9.17, 15) is 4.79 Å². The van der Waals surface area contributed by atoms with Gasteiger partial charge in [-0.15, -0.1) is 0 Å². The lowest BCUT2D eigenvalue weighted by Crippen LogP contribution is -2.12. The SMILES string of the molecule is O=C(Nc1ccc(Cc2ccncc2)cc1)c1cc(Cl)ccc1Br. The molecule has 1 N–H and O–H groups in total. The Morgan fingerprint density at radius 2 is 1.67 bits per heavy atom. The summed E-state index contributed by atoms with van der Waals surface area (Å²) < 4.78 is 0.707. The van der Waals surface area contributed by atoms with E-state index in [4.69, 9.17) is 11.6 Å². The third-order valence-corrected chi connectivity index (χ3v) is 4.47. The van der Waals surface area contributed by atoms with Crippen LogP contribution < -0.4 is 5.32 Å². The molecule has 1 heterocycles. The molecule has 0 aliphatic heterocycles. The second-order valence-electron chi connectivity index (χ2n) is 5.31. The zero-order valence-corrected chi connectivity index (χ0v) is 15.0. The van der Waals surface area contributed by atoms with Crippen LogP contribution in [0, 0.1) is 0 Å². The Kier molecular flexibility index (Phi) is 5.28. The van der Waals surface area contributed by atoms with Gasteiger partial charge in [0.15, 0.2) is 0 Å². The molecule has 3 rings (SSSR count). The fraction of sp³-hybridized carbons (Fsp3) is 0.0526. The van der Waals surface area contributed by atoms with Gasteiger partial charge in [0, 0.05) is 27.6 Å². The van der Waals surface area contributed by atoms with E-state index < -0.39 is 0 Å². The lowest BCUT2D eigenvalue weighted by atomic mass is 10.1. The van der Waals surface area contributed by atoms with Crippen molar-refractivity contribution in [3.63, 3.8) is 0 Å². The van der Waals surface area contributed by atoms with Crippen molar-refractivity contribution in [1.29, 1.82) is 0 Å². The first-order valence-corrected chi connectivity index (χ1v) is 8.53. The molecule has 0 bridgehead atoms. The van der Waals surface area contributed by atoms with Crippen molar-refractivity contribution >= 4 is 39.1 Å². The predicted octanol–water partition coefficient (Wildman–Crippen LogP) is 5.34. The van der Waals surface area contributed by atoms with Crippen LogP contribution in [-0.4, -0.2) is 10.9 Å². The van der Waals surface area contributed by atoms with Gasteiger partial charge in [0.1, 0.15) is 0 Å². The summed E-state index contributed by atoms with van der Waals surface area (Å²) in [5.41, 5.74) is 3.61. The van der Waals surface area contributed by atoms with Crippen molar-refractivity contribution in [2.45, 2.75) is 6.42 Å². The van der Waals surface area contributed by atoms with E-state index in [2.05, 4.69) is 26.2 Å². The fourth-order valence-electron chi connectivity index (χ4n) is 2.31. The highest BCUT2D eigenvalue weighted by atomic mass is 79.9. The van der Waals surface area contributed by atoms with Gasteiger partial charge < -0.3 is 5.32 Å². The summed E-state index contributed by atoms with van der Waals surface area (Å²) in [6, 6.07) is 16.9. The zero-order valence-electron chi connectivity index (χ0n) is 12.7. The quantitative estimate of drug-likeness (QED) is 0.641. The molecule has 2 aromatic carbocycles. The Hall–Kier alpha value is -2.17. The minimum atomic E-state index is -0.203. The molecule has 0 spiro atoms. The number of anilines is 1. The third-order valence-electron chi connectivity index (χ3n) is 3.54. The molecule has 1 aromatic heterocycles. The van der Waals surface area contributed by atoms with Gasteiger partial charge in [-0.1, -0.05) is 23.7 Å². The minimum Gasteiger partial charge on any atom is -0.322 e.